The SMILES string of the molecule is CCOC(=O)CBr.CCOC(=O)CC(C)(C#N)c1ccc([N+](=O)[O-])cc1C.Cc1cc(N(CCCl)CCCl)ccc1C1(C)CNC(=O)C1.Cc1cc(N)ccc1C1(C)CNC(=O)C1.Cc1cc([N+](=O)[O-])ccc1C(=O)O.Cc1cc([N+](=O)[O-])ccc1C(C)Br.Cc1cc([N+](=O)[O-])ccc1C(C)C#N.Cc1cc([N+](=O)[O-])ccc1C(C)O.Cc1cc([N+](=O)[O-])ccc1C=O.Cc1cc([N+](=O)[O-])ccc1CO.O=CCCl. The van der Waals surface area contributed by atoms with Gasteiger partial charge in [0, 0.05) is 168 Å². The maximum Gasteiger partial charge on any atom is 0.335 e. The number of hydrogen-bond donors (Lipinski definition) is 6. The van der Waals surface area contributed by atoms with Crippen LogP contribution in [-0.4, -0.2) is 154 Å². The van der Waals surface area contributed by atoms with Crippen molar-refractivity contribution < 1.29 is 92.8 Å². The van der Waals surface area contributed by atoms with Crippen LogP contribution in [0.5, 0.6) is 0 Å². The minimum absolute atomic E-state index is 0.0121. The summed E-state index contributed by atoms with van der Waals surface area (Å²) in [5.74, 6) is -0.442. The molecule has 2 fully saturated rings. The summed E-state index contributed by atoms with van der Waals surface area (Å²) >= 11 is 22.9. The van der Waals surface area contributed by atoms with Gasteiger partial charge in [-0.1, -0.05) is 76.0 Å². The van der Waals surface area contributed by atoms with Gasteiger partial charge >= 0.3 is 17.9 Å². The van der Waals surface area contributed by atoms with Gasteiger partial charge in [-0.15, -0.1) is 34.8 Å². The number of nitrogens with one attached hydrogen (secondary N) is 2. The molecule has 0 aliphatic carbocycles. The summed E-state index contributed by atoms with van der Waals surface area (Å²) in [7, 11) is 0. The number of aliphatic hydroxyl groups is 2. The van der Waals surface area contributed by atoms with Gasteiger partial charge in [-0.25, -0.2) is 4.79 Å². The number of non-ortho nitro benzene ring substituents is 7. The molecule has 0 aromatic heterocycles. The molecule has 0 spiro atoms. The number of aromatic carboxylic acids is 1. The molecular weight excluding hydrogens is 2070 g/mol. The maximum atomic E-state index is 11.6. The Hall–Kier alpha value is -14.2. The van der Waals surface area contributed by atoms with Crippen LogP contribution >= 0.6 is 66.7 Å². The van der Waals surface area contributed by atoms with Crippen LogP contribution in [0.1, 0.15) is 201 Å². The predicted molar refractivity (Wildman–Crippen MR) is 557 cm³/mol. The van der Waals surface area contributed by atoms with E-state index < -0.39 is 53.0 Å². The number of aryl methyl sites for hydroxylation is 9. The van der Waals surface area contributed by atoms with Crippen LogP contribution in [0.2, 0.25) is 0 Å². The summed E-state index contributed by atoms with van der Waals surface area (Å²) in [6.45, 7) is 34.5. The maximum absolute atomic E-state index is 11.6. The topological polar surface area (TPSA) is 602 Å². The van der Waals surface area contributed by atoms with E-state index in [4.69, 9.17) is 65.5 Å². The van der Waals surface area contributed by atoms with Crippen molar-refractivity contribution in [2.24, 2.45) is 0 Å². The van der Waals surface area contributed by atoms with Crippen molar-refractivity contribution >= 4 is 160 Å². The van der Waals surface area contributed by atoms with Crippen LogP contribution in [0.25, 0.3) is 0 Å². The number of carboxylic acid groups (broad SMARTS) is 1. The van der Waals surface area contributed by atoms with Gasteiger partial charge in [-0.2, -0.15) is 10.5 Å². The third-order valence-electron chi connectivity index (χ3n) is 21.7. The number of nitro groups is 7. The highest BCUT2D eigenvalue weighted by atomic mass is 79.9. The first kappa shape index (κ1) is 128. The van der Waals surface area contributed by atoms with E-state index in [0.717, 1.165) is 81.1 Å². The van der Waals surface area contributed by atoms with E-state index in [1.807, 2.05) is 39.0 Å². The van der Waals surface area contributed by atoms with E-state index in [1.165, 1.54) is 121 Å². The van der Waals surface area contributed by atoms with Gasteiger partial charge in [0.2, 0.25) is 11.8 Å². The minimum atomic E-state index is -1.08. The number of rotatable bonds is 27. The number of hydrogen-bond acceptors (Lipinski definition) is 29. The molecule has 44 heteroatoms. The second-order valence-corrected chi connectivity index (χ2v) is 35.9. The molecule has 0 bridgehead atoms. The smallest absolute Gasteiger partial charge is 0.335 e. The van der Waals surface area contributed by atoms with Gasteiger partial charge < -0.3 is 50.9 Å². The Morgan fingerprint density at radius 2 is 0.910 bits per heavy atom. The number of ether oxygens (including phenoxy) is 2. The normalized spacial score (nSPS) is 14.0. The van der Waals surface area contributed by atoms with Crippen molar-refractivity contribution in [3.05, 3.63) is 335 Å². The second kappa shape index (κ2) is 63.6. The fourth-order valence-electron chi connectivity index (χ4n) is 14.3. The quantitative estimate of drug-likeness (QED) is 0.00695. The second-order valence-electron chi connectivity index (χ2n) is 32.9. The Balaban J connectivity index is 0.000000804. The molecule has 2 aliphatic rings. The molecule has 9 aromatic carbocycles. The third kappa shape index (κ3) is 42.5. The Kier molecular flexibility index (Phi) is 56.5. The van der Waals surface area contributed by atoms with E-state index >= 15 is 0 Å². The van der Waals surface area contributed by atoms with E-state index in [-0.39, 0.29) is 115 Å². The lowest BCUT2D eigenvalue weighted by Crippen LogP contribution is -2.29. The van der Waals surface area contributed by atoms with Crippen molar-refractivity contribution in [1.82, 2.24) is 10.6 Å². The van der Waals surface area contributed by atoms with Gasteiger partial charge in [-0.05, 0) is 241 Å². The van der Waals surface area contributed by atoms with Gasteiger partial charge in [0.15, 0.2) is 0 Å². The summed E-state index contributed by atoms with van der Waals surface area (Å²) in [6, 6.07) is 46.9. The number of nitriles is 2. The molecule has 2 aliphatic heterocycles. The number of carbonyl (C=O) groups excluding carboxylic acids is 6. The highest BCUT2D eigenvalue weighted by molar-refractivity contribution is 9.09. The number of halogens is 5. The predicted octanol–water partition coefficient (Wildman–Crippen LogP) is 21.0. The zero-order chi connectivity index (χ0) is 110. The molecule has 144 heavy (non-hydrogen) atoms. The number of nitrogens with zero attached hydrogens (tertiary/aromatic N) is 10. The Bertz CT molecular complexity index is 6010. The van der Waals surface area contributed by atoms with Crippen molar-refractivity contribution in [2.75, 3.05) is 73.0 Å². The summed E-state index contributed by atoms with van der Waals surface area (Å²) in [5, 5.41) is 124. The van der Waals surface area contributed by atoms with Crippen LogP contribution in [0.4, 0.5) is 51.2 Å². The highest BCUT2D eigenvalue weighted by Crippen LogP contribution is 2.38. The average molecular weight is 2180 g/mol. The van der Waals surface area contributed by atoms with Crippen LogP contribution in [0.15, 0.2) is 164 Å². The van der Waals surface area contributed by atoms with Crippen molar-refractivity contribution in [3.63, 3.8) is 0 Å². The fraction of sp³-hybridized carbons (Fsp3) is 0.370. The molecule has 11 rings (SSSR count). The molecule has 7 N–H and O–H groups in total. The molecule has 39 nitrogen and oxygen atoms in total. The Labute approximate surface area is 865 Å². The number of nitro benzene ring substituents is 7. The molecular formula is C100H118Br2Cl3N13O26. The summed E-state index contributed by atoms with van der Waals surface area (Å²) in [6.07, 6.45) is 1.77. The lowest BCUT2D eigenvalue weighted by atomic mass is 9.78. The number of carbonyl (C=O) groups is 7. The molecule has 2 amide bonds. The number of aliphatic hydroxyl groups excluding tert-OH is 2. The Morgan fingerprint density at radius 3 is 1.22 bits per heavy atom. The van der Waals surface area contributed by atoms with E-state index in [0.29, 0.717) is 83.5 Å². The molecule has 0 radical (unpaired) electrons. The number of alkyl halides is 5. The minimum Gasteiger partial charge on any atom is -0.478 e. The van der Waals surface area contributed by atoms with Crippen molar-refractivity contribution in [2.45, 2.75) is 177 Å². The van der Waals surface area contributed by atoms with Gasteiger partial charge in [0.05, 0.1) is 102 Å². The number of esters is 2. The van der Waals surface area contributed by atoms with Gasteiger partial charge in [0.25, 0.3) is 39.8 Å². The highest BCUT2D eigenvalue weighted by Gasteiger charge is 2.38. The number of nitrogen functional groups attached to an aromatic ring is 1. The lowest BCUT2D eigenvalue weighted by molar-refractivity contribution is -0.385. The molecule has 774 valence electrons. The molecule has 9 aromatic rings. The van der Waals surface area contributed by atoms with Crippen molar-refractivity contribution in [1.29, 1.82) is 10.5 Å². The summed E-state index contributed by atoms with van der Waals surface area (Å²) in [5.41, 5.74) is 20.8. The Morgan fingerprint density at radius 1 is 0.535 bits per heavy atom. The molecule has 2 heterocycles. The molecule has 6 unspecified atom stereocenters. The molecule has 6 atom stereocenters. The fourth-order valence-corrected chi connectivity index (χ4v) is 15.4. The average Bonchev–Trinajstić information content (AvgIpc) is 1.52. The first-order chi connectivity index (χ1) is 67.5. The van der Waals surface area contributed by atoms with Crippen LogP contribution in [0, 0.1) is 156 Å². The molecule has 0 saturated carbocycles. The van der Waals surface area contributed by atoms with Crippen LogP contribution < -0.4 is 21.3 Å². The van der Waals surface area contributed by atoms with Crippen LogP contribution in [-0.2, 0) is 56.3 Å². The van der Waals surface area contributed by atoms with Gasteiger partial charge in [-0.3, -0.25) is 94.8 Å². The lowest BCUT2D eigenvalue weighted by Gasteiger charge is -2.28. The molecule has 2 saturated heterocycles. The number of amides is 2. The number of benzene rings is 9. The summed E-state index contributed by atoms with van der Waals surface area (Å²) < 4.78 is 9.37. The monoisotopic (exact) mass is 2180 g/mol. The van der Waals surface area contributed by atoms with E-state index in [2.05, 4.69) is 103 Å². The van der Waals surface area contributed by atoms with Gasteiger partial charge in [0.1, 0.15) is 17.9 Å². The van der Waals surface area contributed by atoms with Crippen LogP contribution in [0.3, 0.4) is 0 Å². The number of anilines is 2. The van der Waals surface area contributed by atoms with E-state index in [9.17, 15) is 110 Å². The zero-order valence-electron chi connectivity index (χ0n) is 82.5. The first-order valence-electron chi connectivity index (χ1n) is 43.9. The number of nitrogens with two attached hydrogens (primary N) is 1. The number of aldehydes is 2. The number of carboxylic acids is 1. The van der Waals surface area contributed by atoms with E-state index in [1.54, 1.807) is 99.6 Å². The zero-order valence-corrected chi connectivity index (χ0v) is 88.0. The summed E-state index contributed by atoms with van der Waals surface area (Å²) in [4.78, 5) is 146. The third-order valence-corrected chi connectivity index (χ3v) is 23.1. The first-order valence-corrected chi connectivity index (χ1v) is 47.5. The van der Waals surface area contributed by atoms with Crippen molar-refractivity contribution in [3.8, 4) is 12.1 Å². The standard InChI is InChI=1S/C16H22Cl2N2O.C14H16N2O4.C12H16N2O.C10H10N2O2.C9H10BrNO2.C9H11NO3.C8H7NO4.C8H9NO3.C8H7NO3.C4H7BrO2.C2H3ClO/c1-12-9-13(20(7-5-17)8-6-18)3-4-14(12)16(2)10-15(21)19-11-16;1-4-20-13(17)8-14(3,9-15)12-6-5-11(16(18)19)7-10(12)2;1-8-5-9(13)3-4-10(8)12(2)6-11(15)14-7-12;1-7-5-9(12(13)14)3-4-10(7)8(2)6-11;1-6-5-8(11(12)13)3-4-9(6)7(2)10;1-6-5-8(10(12)13)3-4-9(6)7(2)11;1-5-4-6(9(12)13)2-3-7(5)8(10)11;2*1-6-4-8(9(11)12)3-2-7(6)5-10;1-2-7-4(6)3-5;3-1-2-4/h3-4,9H,5-8,10-11H2,1-2H3,(H,19,21);5-7H,4,8H2,1-3H3;3-5H,6-7,13H2,1-2H3,(H,14,15);3-5,8H,1-2H3;3-5,7H,1-2H3;3-5,7,11H,1-2H3;2-4H,1H3,(H,10,11);2-4,10H,5H2,1H3;2-5H,1H3;2-3H2,1H3;2H,1H2. The largest absolute Gasteiger partial charge is 0.478 e.